The van der Waals surface area contributed by atoms with E-state index >= 15 is 0 Å². The molecule has 0 aromatic heterocycles. The highest BCUT2D eigenvalue weighted by Crippen LogP contribution is 2.39. The van der Waals surface area contributed by atoms with Crippen LogP contribution in [-0.2, 0) is 12.1 Å². The molecule has 2 aromatic rings. The summed E-state index contributed by atoms with van der Waals surface area (Å²) in [5.41, 5.74) is 0.903. The van der Waals surface area contributed by atoms with Crippen LogP contribution in [0, 0.1) is 0 Å². The molecule has 0 fully saturated rings. The minimum atomic E-state index is -1.32. The Balaban J connectivity index is 2.08. The Labute approximate surface area is 124 Å². The summed E-state index contributed by atoms with van der Waals surface area (Å²) >= 11 is 0. The van der Waals surface area contributed by atoms with Gasteiger partial charge in [0.05, 0.1) is 0 Å². The first-order chi connectivity index (χ1) is 10.2. The average molecular weight is 279 g/mol. The minimum Gasteiger partial charge on any atom is -0.366 e. The van der Waals surface area contributed by atoms with Crippen molar-refractivity contribution in [2.24, 2.45) is 0 Å². The summed E-state index contributed by atoms with van der Waals surface area (Å²) < 4.78 is 0. The maximum atomic E-state index is 12.5. The highest BCUT2D eigenvalue weighted by atomic mass is 16.3. The molecule has 0 unspecified atom stereocenters. The van der Waals surface area contributed by atoms with Crippen molar-refractivity contribution < 1.29 is 9.90 Å². The van der Waals surface area contributed by atoms with Crippen molar-refractivity contribution in [1.82, 2.24) is 4.90 Å². The van der Waals surface area contributed by atoms with Crippen molar-refractivity contribution >= 4 is 5.91 Å². The van der Waals surface area contributed by atoms with Gasteiger partial charge >= 0.3 is 0 Å². The summed E-state index contributed by atoms with van der Waals surface area (Å²) in [5, 5.41) is 11.2. The van der Waals surface area contributed by atoms with Crippen molar-refractivity contribution in [3.63, 3.8) is 0 Å². The largest absolute Gasteiger partial charge is 0.366 e. The van der Waals surface area contributed by atoms with E-state index in [0.29, 0.717) is 24.1 Å². The van der Waals surface area contributed by atoms with Crippen molar-refractivity contribution in [3.8, 4) is 0 Å². The Morgan fingerprint density at radius 2 is 1.76 bits per heavy atom. The predicted molar refractivity (Wildman–Crippen MR) is 81.7 cm³/mol. The van der Waals surface area contributed by atoms with Crippen LogP contribution in [0.2, 0.25) is 0 Å². The smallest absolute Gasteiger partial charge is 0.257 e. The second kappa shape index (κ2) is 5.19. The van der Waals surface area contributed by atoms with Crippen LogP contribution in [0.5, 0.6) is 0 Å². The number of aliphatic hydroxyl groups is 1. The summed E-state index contributed by atoms with van der Waals surface area (Å²) in [6.45, 7) is 4.01. The van der Waals surface area contributed by atoms with E-state index in [-0.39, 0.29) is 5.91 Å². The molecule has 3 heteroatoms. The van der Waals surface area contributed by atoms with E-state index in [9.17, 15) is 9.90 Å². The number of carbonyl (C=O) groups is 1. The fourth-order valence-electron chi connectivity index (χ4n) is 2.91. The lowest BCUT2D eigenvalue weighted by Gasteiger charge is -2.34. The molecule has 3 rings (SSSR count). The van der Waals surface area contributed by atoms with Crippen molar-refractivity contribution in [2.75, 3.05) is 6.54 Å². The van der Waals surface area contributed by atoms with Crippen LogP contribution >= 0.6 is 0 Å². The molecule has 106 valence electrons. The van der Waals surface area contributed by atoms with E-state index in [1.807, 2.05) is 48.5 Å². The average Bonchev–Trinajstić information content (AvgIpc) is 2.71. The lowest BCUT2D eigenvalue weighted by Crippen LogP contribution is -2.45. The first-order valence-corrected chi connectivity index (χ1v) is 6.95. The quantitative estimate of drug-likeness (QED) is 0.874. The van der Waals surface area contributed by atoms with Crippen molar-refractivity contribution in [2.45, 2.75) is 12.1 Å². The first-order valence-electron chi connectivity index (χ1n) is 6.95. The van der Waals surface area contributed by atoms with Crippen molar-refractivity contribution in [3.05, 3.63) is 83.9 Å². The number of amides is 1. The molecule has 2 aromatic carbocycles. The Hall–Kier alpha value is -2.39. The highest BCUT2D eigenvalue weighted by molar-refractivity contribution is 5.99. The molecule has 0 aliphatic carbocycles. The zero-order chi connectivity index (χ0) is 14.9. The summed E-state index contributed by atoms with van der Waals surface area (Å²) in [6, 6.07) is 16.9. The predicted octanol–water partition coefficient (Wildman–Crippen LogP) is 2.72. The molecule has 0 spiro atoms. The minimum absolute atomic E-state index is 0.149. The van der Waals surface area contributed by atoms with Gasteiger partial charge in [0.2, 0.25) is 0 Å². The highest BCUT2D eigenvalue weighted by Gasteiger charge is 2.47. The third-order valence-electron chi connectivity index (χ3n) is 3.89. The number of carbonyl (C=O) groups excluding carboxylic acids is 1. The molecule has 3 nitrogen and oxygen atoms in total. The second-order valence-electron chi connectivity index (χ2n) is 5.23. The van der Waals surface area contributed by atoms with E-state index in [1.54, 1.807) is 12.1 Å². The van der Waals surface area contributed by atoms with Gasteiger partial charge in [-0.15, -0.1) is 6.58 Å². The Morgan fingerprint density at radius 1 is 1.10 bits per heavy atom. The van der Waals surface area contributed by atoms with Gasteiger partial charge in [0, 0.05) is 24.1 Å². The lowest BCUT2D eigenvalue weighted by molar-refractivity contribution is -0.0786. The molecule has 1 aliphatic heterocycles. The summed E-state index contributed by atoms with van der Waals surface area (Å²) in [4.78, 5) is 14.0. The summed E-state index contributed by atoms with van der Waals surface area (Å²) in [5.74, 6) is -0.149. The third kappa shape index (κ3) is 2.16. The number of hydrogen-bond acceptors (Lipinski definition) is 2. The molecule has 21 heavy (non-hydrogen) atoms. The Bertz CT molecular complexity index is 681. The fraction of sp³-hybridized carbons (Fsp3) is 0.167. The number of hydrogen-bond donors (Lipinski definition) is 1. The van der Waals surface area contributed by atoms with Gasteiger partial charge in [-0.25, -0.2) is 0 Å². The van der Waals surface area contributed by atoms with E-state index in [0.717, 1.165) is 5.56 Å². The van der Waals surface area contributed by atoms with Crippen LogP contribution in [0.1, 0.15) is 21.5 Å². The fourth-order valence-corrected chi connectivity index (χ4v) is 2.91. The molecule has 1 aliphatic rings. The van der Waals surface area contributed by atoms with Crippen LogP contribution in [0.15, 0.2) is 67.3 Å². The SMILES string of the molecule is C=CCN1C(=O)c2ccccc2[C@@]1(O)Cc1ccccc1. The molecule has 1 heterocycles. The second-order valence-corrected chi connectivity index (χ2v) is 5.23. The van der Waals surface area contributed by atoms with Gasteiger partial charge in [0.15, 0.2) is 5.72 Å². The maximum absolute atomic E-state index is 12.5. The molecule has 0 saturated carbocycles. The van der Waals surface area contributed by atoms with Gasteiger partial charge in [-0.3, -0.25) is 4.79 Å². The van der Waals surface area contributed by atoms with E-state index in [4.69, 9.17) is 0 Å². The summed E-state index contributed by atoms with van der Waals surface area (Å²) in [6.07, 6.45) is 2.00. The van der Waals surface area contributed by atoms with Gasteiger partial charge < -0.3 is 10.0 Å². The van der Waals surface area contributed by atoms with Gasteiger partial charge in [0.25, 0.3) is 5.91 Å². The Morgan fingerprint density at radius 3 is 2.48 bits per heavy atom. The Kier molecular flexibility index (Phi) is 3.35. The molecular formula is C18H17NO2. The van der Waals surface area contributed by atoms with Crippen molar-refractivity contribution in [1.29, 1.82) is 0 Å². The van der Waals surface area contributed by atoms with Gasteiger partial charge in [-0.1, -0.05) is 54.6 Å². The van der Waals surface area contributed by atoms with E-state index in [2.05, 4.69) is 6.58 Å². The third-order valence-corrected chi connectivity index (χ3v) is 3.89. The summed E-state index contributed by atoms with van der Waals surface area (Å²) in [7, 11) is 0. The first kappa shape index (κ1) is 13.6. The van der Waals surface area contributed by atoms with E-state index in [1.165, 1.54) is 4.90 Å². The number of fused-ring (bicyclic) bond motifs is 1. The van der Waals surface area contributed by atoms with Gasteiger partial charge in [-0.2, -0.15) is 0 Å². The van der Waals surface area contributed by atoms with Crippen LogP contribution < -0.4 is 0 Å². The molecule has 1 amide bonds. The topological polar surface area (TPSA) is 40.5 Å². The zero-order valence-electron chi connectivity index (χ0n) is 11.7. The van der Waals surface area contributed by atoms with Crippen LogP contribution in [-0.4, -0.2) is 22.5 Å². The standard InChI is InChI=1S/C18H17NO2/c1-2-12-19-17(20)15-10-6-7-11-16(15)18(19,21)13-14-8-4-3-5-9-14/h2-11,21H,1,12-13H2/t18-/m0/s1. The molecule has 1 atom stereocenters. The monoisotopic (exact) mass is 279 g/mol. The molecule has 0 saturated heterocycles. The van der Waals surface area contributed by atoms with E-state index < -0.39 is 5.72 Å². The van der Waals surface area contributed by atoms with Crippen LogP contribution in [0.25, 0.3) is 0 Å². The normalized spacial score (nSPS) is 20.4. The molecule has 0 radical (unpaired) electrons. The number of nitrogens with zero attached hydrogens (tertiary/aromatic N) is 1. The van der Waals surface area contributed by atoms with Gasteiger partial charge in [0.1, 0.15) is 0 Å². The molecule has 1 N–H and O–H groups in total. The number of rotatable bonds is 4. The molecular weight excluding hydrogens is 262 g/mol. The lowest BCUT2D eigenvalue weighted by atomic mass is 9.94. The zero-order valence-corrected chi connectivity index (χ0v) is 11.7. The van der Waals surface area contributed by atoms with Crippen LogP contribution in [0.4, 0.5) is 0 Å². The van der Waals surface area contributed by atoms with Crippen LogP contribution in [0.3, 0.4) is 0 Å². The van der Waals surface area contributed by atoms with Gasteiger partial charge in [-0.05, 0) is 11.6 Å². The molecule has 0 bridgehead atoms. The maximum Gasteiger partial charge on any atom is 0.257 e. The number of benzene rings is 2.